The maximum absolute atomic E-state index is 11.7. The van der Waals surface area contributed by atoms with Gasteiger partial charge in [-0.3, -0.25) is 4.79 Å². The fourth-order valence-corrected chi connectivity index (χ4v) is 2.59. The molecule has 116 valence electrons. The average Bonchev–Trinajstić information content (AvgIpc) is 2.50. The second-order valence-corrected chi connectivity index (χ2v) is 5.68. The fourth-order valence-electron chi connectivity index (χ4n) is 2.59. The van der Waals surface area contributed by atoms with Gasteiger partial charge in [-0.25, -0.2) is 0 Å². The minimum absolute atomic E-state index is 0.328. The average molecular weight is 287 g/mol. The number of unbranched alkanes of at least 4 members (excludes halogenated alkanes) is 4. The van der Waals surface area contributed by atoms with Crippen molar-refractivity contribution in [3.05, 3.63) is 42.0 Å². The van der Waals surface area contributed by atoms with Crippen LogP contribution in [0.1, 0.15) is 64.4 Å². The summed E-state index contributed by atoms with van der Waals surface area (Å²) >= 11 is 0. The molecule has 0 fully saturated rings. The van der Waals surface area contributed by atoms with E-state index in [0.29, 0.717) is 11.5 Å². The number of carbonyl (C=O) groups excluding carboxylic acids is 1. The molecule has 0 saturated heterocycles. The lowest BCUT2D eigenvalue weighted by molar-refractivity contribution is -0.112. The second kappa shape index (κ2) is 10.2. The Balaban J connectivity index is 2.66. The SMILES string of the molecule is CCCCCCCC(C=C(C(N)=O)c1ccccc1)CC. The molecular formula is C19H29NO. The van der Waals surface area contributed by atoms with Crippen LogP contribution in [0.2, 0.25) is 0 Å². The van der Waals surface area contributed by atoms with Crippen LogP contribution in [0.5, 0.6) is 0 Å². The van der Waals surface area contributed by atoms with E-state index in [1.165, 1.54) is 32.1 Å². The highest BCUT2D eigenvalue weighted by atomic mass is 16.1. The highest BCUT2D eigenvalue weighted by Crippen LogP contribution is 2.22. The zero-order valence-corrected chi connectivity index (χ0v) is 13.5. The van der Waals surface area contributed by atoms with Crippen LogP contribution in [0, 0.1) is 5.92 Å². The van der Waals surface area contributed by atoms with Crippen molar-refractivity contribution < 1.29 is 4.79 Å². The molecule has 1 atom stereocenters. The molecule has 1 unspecified atom stereocenters. The first-order valence-electron chi connectivity index (χ1n) is 8.26. The monoisotopic (exact) mass is 287 g/mol. The Morgan fingerprint density at radius 1 is 1.10 bits per heavy atom. The molecule has 0 aliphatic rings. The zero-order chi connectivity index (χ0) is 15.5. The minimum atomic E-state index is -0.328. The van der Waals surface area contributed by atoms with Gasteiger partial charge in [0, 0.05) is 5.57 Å². The van der Waals surface area contributed by atoms with E-state index in [4.69, 9.17) is 5.73 Å². The van der Waals surface area contributed by atoms with Gasteiger partial charge in [0.2, 0.25) is 5.91 Å². The number of amides is 1. The molecule has 1 amide bonds. The molecule has 0 aliphatic heterocycles. The van der Waals surface area contributed by atoms with Crippen molar-refractivity contribution in [1.82, 2.24) is 0 Å². The Morgan fingerprint density at radius 3 is 2.33 bits per heavy atom. The normalized spacial score (nSPS) is 13.1. The van der Waals surface area contributed by atoms with Gasteiger partial charge in [0.05, 0.1) is 0 Å². The number of allylic oxidation sites excluding steroid dienone is 1. The van der Waals surface area contributed by atoms with Crippen molar-refractivity contribution >= 4 is 11.5 Å². The van der Waals surface area contributed by atoms with Crippen LogP contribution in [0.3, 0.4) is 0 Å². The van der Waals surface area contributed by atoms with E-state index in [1.807, 2.05) is 30.3 Å². The lowest BCUT2D eigenvalue weighted by Gasteiger charge is -2.13. The van der Waals surface area contributed by atoms with Gasteiger partial charge in [-0.1, -0.05) is 82.4 Å². The Bertz CT molecular complexity index is 436. The molecule has 2 heteroatoms. The van der Waals surface area contributed by atoms with Gasteiger partial charge in [0.1, 0.15) is 0 Å². The summed E-state index contributed by atoms with van der Waals surface area (Å²) in [7, 11) is 0. The predicted octanol–water partition coefficient (Wildman–Crippen LogP) is 4.94. The van der Waals surface area contributed by atoms with Gasteiger partial charge in [-0.05, 0) is 24.3 Å². The highest BCUT2D eigenvalue weighted by Gasteiger charge is 2.11. The molecule has 2 N–H and O–H groups in total. The quantitative estimate of drug-likeness (QED) is 0.480. The molecule has 1 aromatic rings. The first-order chi connectivity index (χ1) is 10.2. The van der Waals surface area contributed by atoms with E-state index >= 15 is 0 Å². The maximum Gasteiger partial charge on any atom is 0.248 e. The highest BCUT2D eigenvalue weighted by molar-refractivity contribution is 6.18. The van der Waals surface area contributed by atoms with Gasteiger partial charge >= 0.3 is 0 Å². The number of nitrogens with two attached hydrogens (primary N) is 1. The summed E-state index contributed by atoms with van der Waals surface area (Å²) in [4.78, 5) is 11.7. The molecule has 1 rings (SSSR count). The first-order valence-corrected chi connectivity index (χ1v) is 8.26. The Labute approximate surface area is 129 Å². The van der Waals surface area contributed by atoms with Gasteiger partial charge in [-0.15, -0.1) is 0 Å². The lowest BCUT2D eigenvalue weighted by atomic mass is 9.93. The standard InChI is InChI=1S/C19H29NO/c1-3-5-6-7-9-12-16(4-2)15-18(19(20)21)17-13-10-8-11-14-17/h8,10-11,13-16H,3-7,9,12H2,1-2H3,(H2,20,21). The van der Waals surface area contributed by atoms with E-state index in [-0.39, 0.29) is 5.91 Å². The van der Waals surface area contributed by atoms with Crippen molar-refractivity contribution in [2.24, 2.45) is 11.7 Å². The van der Waals surface area contributed by atoms with Crippen molar-refractivity contribution in [3.8, 4) is 0 Å². The second-order valence-electron chi connectivity index (χ2n) is 5.68. The van der Waals surface area contributed by atoms with Crippen LogP contribution in [0.4, 0.5) is 0 Å². The number of carbonyl (C=O) groups is 1. The maximum atomic E-state index is 11.7. The van der Waals surface area contributed by atoms with Crippen LogP contribution in [-0.4, -0.2) is 5.91 Å². The number of benzene rings is 1. The third-order valence-corrected chi connectivity index (χ3v) is 3.96. The number of hydrogen-bond donors (Lipinski definition) is 1. The zero-order valence-electron chi connectivity index (χ0n) is 13.5. The first kappa shape index (κ1) is 17.5. The number of primary amides is 1. The molecule has 21 heavy (non-hydrogen) atoms. The molecular weight excluding hydrogens is 258 g/mol. The molecule has 0 aromatic heterocycles. The Morgan fingerprint density at radius 2 is 1.76 bits per heavy atom. The summed E-state index contributed by atoms with van der Waals surface area (Å²) in [6, 6.07) is 9.73. The summed E-state index contributed by atoms with van der Waals surface area (Å²) in [6.07, 6.45) is 10.7. The van der Waals surface area contributed by atoms with Crippen molar-refractivity contribution in [3.63, 3.8) is 0 Å². The molecule has 1 aromatic carbocycles. The smallest absolute Gasteiger partial charge is 0.248 e. The summed E-state index contributed by atoms with van der Waals surface area (Å²) < 4.78 is 0. The molecule has 0 radical (unpaired) electrons. The van der Waals surface area contributed by atoms with E-state index < -0.39 is 0 Å². The predicted molar refractivity (Wildman–Crippen MR) is 90.8 cm³/mol. The van der Waals surface area contributed by atoms with Crippen LogP contribution < -0.4 is 5.73 Å². The Kier molecular flexibility index (Phi) is 8.49. The van der Waals surface area contributed by atoms with E-state index in [9.17, 15) is 4.79 Å². The number of rotatable bonds is 10. The molecule has 0 aliphatic carbocycles. The molecule has 2 nitrogen and oxygen atoms in total. The van der Waals surface area contributed by atoms with Crippen molar-refractivity contribution in [2.75, 3.05) is 0 Å². The molecule has 0 heterocycles. The van der Waals surface area contributed by atoms with Gasteiger partial charge in [0.25, 0.3) is 0 Å². The van der Waals surface area contributed by atoms with E-state index in [0.717, 1.165) is 18.4 Å². The van der Waals surface area contributed by atoms with Crippen LogP contribution in [-0.2, 0) is 4.79 Å². The molecule has 0 saturated carbocycles. The summed E-state index contributed by atoms with van der Waals surface area (Å²) in [6.45, 7) is 4.41. The third-order valence-electron chi connectivity index (χ3n) is 3.96. The molecule has 0 spiro atoms. The Hall–Kier alpha value is -1.57. The molecule has 0 bridgehead atoms. The topological polar surface area (TPSA) is 43.1 Å². The summed E-state index contributed by atoms with van der Waals surface area (Å²) in [5.41, 5.74) is 7.15. The lowest BCUT2D eigenvalue weighted by Crippen LogP contribution is -2.14. The summed E-state index contributed by atoms with van der Waals surface area (Å²) in [5.74, 6) is 0.111. The minimum Gasteiger partial charge on any atom is -0.366 e. The van der Waals surface area contributed by atoms with Crippen molar-refractivity contribution in [2.45, 2.75) is 58.8 Å². The van der Waals surface area contributed by atoms with Gasteiger partial charge < -0.3 is 5.73 Å². The summed E-state index contributed by atoms with van der Waals surface area (Å²) in [5, 5.41) is 0. The van der Waals surface area contributed by atoms with Crippen molar-refractivity contribution in [1.29, 1.82) is 0 Å². The van der Waals surface area contributed by atoms with Crippen LogP contribution in [0.15, 0.2) is 36.4 Å². The van der Waals surface area contributed by atoms with Crippen LogP contribution in [0.25, 0.3) is 5.57 Å². The fraction of sp³-hybridized carbons (Fsp3) is 0.526. The number of hydrogen-bond acceptors (Lipinski definition) is 1. The largest absolute Gasteiger partial charge is 0.366 e. The van der Waals surface area contributed by atoms with Gasteiger partial charge in [-0.2, -0.15) is 0 Å². The van der Waals surface area contributed by atoms with E-state index in [2.05, 4.69) is 19.9 Å². The van der Waals surface area contributed by atoms with E-state index in [1.54, 1.807) is 0 Å². The van der Waals surface area contributed by atoms with Crippen LogP contribution >= 0.6 is 0 Å². The van der Waals surface area contributed by atoms with Gasteiger partial charge in [0.15, 0.2) is 0 Å². The third kappa shape index (κ3) is 6.61.